The highest BCUT2D eigenvalue weighted by atomic mass is 19.4. The van der Waals surface area contributed by atoms with Crippen LogP contribution in [-0.2, 0) is 11.3 Å². The first-order chi connectivity index (χ1) is 19.1. The zero-order valence-electron chi connectivity index (χ0n) is 22.2. The van der Waals surface area contributed by atoms with Crippen LogP contribution < -0.4 is 14.6 Å². The summed E-state index contributed by atoms with van der Waals surface area (Å²) in [5.41, 5.74) is -1.35. The molecule has 0 amide bonds. The topological polar surface area (TPSA) is 41.9 Å². The summed E-state index contributed by atoms with van der Waals surface area (Å²) in [7, 11) is 0. The Labute approximate surface area is 234 Å². The van der Waals surface area contributed by atoms with Crippen LogP contribution >= 0.6 is 0 Å². The molecule has 0 saturated carbocycles. The number of ether oxygens (including phenoxy) is 1. The quantitative estimate of drug-likeness (QED) is 0.194. The Morgan fingerprint density at radius 2 is 1.19 bits per heavy atom. The van der Waals surface area contributed by atoms with E-state index in [0.717, 1.165) is 11.6 Å². The fourth-order valence-corrected chi connectivity index (χ4v) is 3.55. The van der Waals surface area contributed by atoms with Crippen LogP contribution in [0.1, 0.15) is 31.9 Å². The van der Waals surface area contributed by atoms with E-state index in [1.807, 2.05) is 26.8 Å². The zero-order chi connectivity index (χ0) is 31.7. The summed E-state index contributed by atoms with van der Waals surface area (Å²) >= 11 is 0. The van der Waals surface area contributed by atoms with Crippen LogP contribution in [0.4, 0.5) is 49.6 Å². The lowest BCUT2D eigenvalue weighted by Crippen LogP contribution is -2.50. The van der Waals surface area contributed by atoms with Crippen molar-refractivity contribution in [3.63, 3.8) is 0 Å². The van der Waals surface area contributed by atoms with Gasteiger partial charge in [0, 0.05) is 11.6 Å². The lowest BCUT2D eigenvalue weighted by molar-refractivity contribution is -0.359. The molecule has 3 aromatic carbocycles. The third-order valence-electron chi connectivity index (χ3n) is 5.92. The fraction of sp³-hybridized carbons (Fsp3) is 0.357. The largest absolute Gasteiger partial charge is 0.460 e. The molecule has 14 heteroatoms. The number of hydroxylamine groups is 1. The standard InChI is InChI=1S/C28H25F10NO3/c1-24(2,3)17-7-4-10-20(13-17)41-21-11-6-9-19(15-21)39(16-23(40)26(31,32)33)42-22-12-5-8-18(14-22)25(29,30)27(34,35)28(36,37)38/h4-15,23,40H,16H2,1-3H3/t23-/m0/s1. The van der Waals surface area contributed by atoms with Gasteiger partial charge in [0.25, 0.3) is 0 Å². The maximum Gasteiger partial charge on any atom is 0.460 e. The minimum absolute atomic E-state index is 0.0822. The first-order valence-electron chi connectivity index (χ1n) is 12.1. The average molecular weight is 613 g/mol. The molecule has 4 nitrogen and oxygen atoms in total. The molecule has 0 heterocycles. The van der Waals surface area contributed by atoms with Crippen molar-refractivity contribution in [1.29, 1.82) is 0 Å². The van der Waals surface area contributed by atoms with Gasteiger partial charge in [-0.05, 0) is 47.4 Å². The van der Waals surface area contributed by atoms with E-state index in [2.05, 4.69) is 0 Å². The van der Waals surface area contributed by atoms with Gasteiger partial charge in [0.15, 0.2) is 11.9 Å². The molecule has 0 aliphatic carbocycles. The number of benzene rings is 3. The molecule has 0 bridgehead atoms. The van der Waals surface area contributed by atoms with Crippen LogP contribution in [0.25, 0.3) is 0 Å². The summed E-state index contributed by atoms with van der Waals surface area (Å²) in [6.45, 7) is 4.54. The van der Waals surface area contributed by atoms with Crippen LogP contribution in [0.2, 0.25) is 0 Å². The van der Waals surface area contributed by atoms with E-state index >= 15 is 0 Å². The van der Waals surface area contributed by atoms with Gasteiger partial charge in [0.1, 0.15) is 11.5 Å². The molecule has 1 N–H and O–H groups in total. The van der Waals surface area contributed by atoms with Gasteiger partial charge in [-0.1, -0.05) is 51.1 Å². The maximum atomic E-state index is 14.3. The molecule has 3 aromatic rings. The summed E-state index contributed by atoms with van der Waals surface area (Å²) in [5, 5.41) is 10.1. The molecule has 0 fully saturated rings. The molecule has 0 aliphatic rings. The number of alkyl halides is 10. The van der Waals surface area contributed by atoms with Crippen molar-refractivity contribution in [3.8, 4) is 17.2 Å². The molecule has 1 atom stereocenters. The van der Waals surface area contributed by atoms with Crippen molar-refractivity contribution >= 4 is 5.69 Å². The number of anilines is 1. The normalized spacial score (nSPS) is 14.0. The first kappa shape index (κ1) is 32.8. The Morgan fingerprint density at radius 3 is 1.74 bits per heavy atom. The Balaban J connectivity index is 1.97. The summed E-state index contributed by atoms with van der Waals surface area (Å²) in [5.74, 6) is -12.6. The van der Waals surface area contributed by atoms with Crippen molar-refractivity contribution < 1.29 is 58.6 Å². The SMILES string of the molecule is CC(C)(C)c1cccc(Oc2cccc(N(C[C@H](O)C(F)(F)F)Oc3cccc(C(F)(F)C(F)(F)C(F)(F)F)c3)c2)c1. The molecule has 0 aromatic heterocycles. The summed E-state index contributed by atoms with van der Waals surface area (Å²) in [4.78, 5) is 5.23. The molecule has 42 heavy (non-hydrogen) atoms. The van der Waals surface area contributed by atoms with Crippen LogP contribution in [0.3, 0.4) is 0 Å². The number of halogens is 10. The number of nitrogens with zero attached hydrogens (tertiary/aromatic N) is 1. The number of rotatable bonds is 9. The van der Waals surface area contributed by atoms with Crippen molar-refractivity contribution in [2.45, 2.75) is 56.5 Å². The number of aliphatic hydroxyl groups excluding tert-OH is 1. The number of aliphatic hydroxyl groups is 1. The Kier molecular flexibility index (Phi) is 9.02. The molecule has 0 spiro atoms. The fourth-order valence-electron chi connectivity index (χ4n) is 3.55. The van der Waals surface area contributed by atoms with Gasteiger partial charge in [-0.25, -0.2) is 5.06 Å². The van der Waals surface area contributed by atoms with Crippen molar-refractivity contribution in [2.24, 2.45) is 0 Å². The molecule has 230 valence electrons. The summed E-state index contributed by atoms with van der Waals surface area (Å²) in [6.07, 6.45) is -14.8. The average Bonchev–Trinajstić information content (AvgIpc) is 2.87. The zero-order valence-corrected chi connectivity index (χ0v) is 22.2. The molecule has 0 radical (unpaired) electrons. The van der Waals surface area contributed by atoms with Gasteiger partial charge in [-0.3, -0.25) is 0 Å². The molecule has 0 aliphatic heterocycles. The van der Waals surface area contributed by atoms with Crippen molar-refractivity contribution in [3.05, 3.63) is 83.9 Å². The van der Waals surface area contributed by atoms with E-state index in [0.29, 0.717) is 16.9 Å². The van der Waals surface area contributed by atoms with Gasteiger partial charge in [0.2, 0.25) is 0 Å². The lowest BCUT2D eigenvalue weighted by Gasteiger charge is -2.30. The van der Waals surface area contributed by atoms with Gasteiger partial charge < -0.3 is 14.7 Å². The third-order valence-corrected chi connectivity index (χ3v) is 5.92. The van der Waals surface area contributed by atoms with Crippen LogP contribution in [0, 0.1) is 0 Å². The van der Waals surface area contributed by atoms with Gasteiger partial charge >= 0.3 is 24.2 Å². The Bertz CT molecular complexity index is 1370. The highest BCUT2D eigenvalue weighted by Crippen LogP contribution is 2.52. The minimum Gasteiger partial charge on any atom is -0.457 e. The highest BCUT2D eigenvalue weighted by molar-refractivity contribution is 5.51. The molecule has 0 unspecified atom stereocenters. The van der Waals surface area contributed by atoms with E-state index in [1.54, 1.807) is 18.2 Å². The Morgan fingerprint density at radius 1 is 0.690 bits per heavy atom. The van der Waals surface area contributed by atoms with Crippen LogP contribution in [0.5, 0.6) is 17.2 Å². The molecular formula is C28H25F10NO3. The van der Waals surface area contributed by atoms with E-state index in [-0.39, 0.29) is 29.0 Å². The monoisotopic (exact) mass is 613 g/mol. The molecule has 3 rings (SSSR count). The first-order valence-corrected chi connectivity index (χ1v) is 12.1. The van der Waals surface area contributed by atoms with Crippen molar-refractivity contribution in [1.82, 2.24) is 0 Å². The predicted octanol–water partition coefficient (Wildman–Crippen LogP) is 8.79. The van der Waals surface area contributed by atoms with Crippen LogP contribution in [-0.4, -0.2) is 36.0 Å². The number of hydrogen-bond acceptors (Lipinski definition) is 4. The number of hydrogen-bond donors (Lipinski definition) is 1. The lowest BCUT2D eigenvalue weighted by atomic mass is 9.87. The van der Waals surface area contributed by atoms with Gasteiger partial charge in [-0.15, -0.1) is 0 Å². The van der Waals surface area contributed by atoms with Crippen molar-refractivity contribution in [2.75, 3.05) is 11.6 Å². The van der Waals surface area contributed by atoms with Crippen LogP contribution in [0.15, 0.2) is 72.8 Å². The maximum absolute atomic E-state index is 14.3. The summed E-state index contributed by atoms with van der Waals surface area (Å²) in [6, 6.07) is 14.0. The molecular weight excluding hydrogens is 588 g/mol. The van der Waals surface area contributed by atoms with E-state index < -0.39 is 48.2 Å². The third kappa shape index (κ3) is 7.39. The second-order valence-electron chi connectivity index (χ2n) is 10.3. The van der Waals surface area contributed by atoms with Gasteiger partial charge in [0.05, 0.1) is 12.2 Å². The Hall–Kier alpha value is -3.68. The van der Waals surface area contributed by atoms with E-state index in [4.69, 9.17) is 9.57 Å². The van der Waals surface area contributed by atoms with Gasteiger partial charge in [-0.2, -0.15) is 43.9 Å². The van der Waals surface area contributed by atoms with E-state index in [9.17, 15) is 49.0 Å². The smallest absolute Gasteiger partial charge is 0.457 e. The second-order valence-corrected chi connectivity index (χ2v) is 10.3. The second kappa shape index (κ2) is 11.5. The predicted molar refractivity (Wildman–Crippen MR) is 133 cm³/mol. The summed E-state index contributed by atoms with van der Waals surface area (Å²) < 4.78 is 139. The minimum atomic E-state index is -6.61. The highest BCUT2D eigenvalue weighted by Gasteiger charge is 2.73. The molecule has 0 saturated heterocycles. The van der Waals surface area contributed by atoms with E-state index in [1.165, 1.54) is 24.3 Å².